The fourth-order valence-corrected chi connectivity index (χ4v) is 1.15. The van der Waals surface area contributed by atoms with Gasteiger partial charge in [-0.3, -0.25) is 4.79 Å². The highest BCUT2D eigenvalue weighted by atomic mass is 19.1. The van der Waals surface area contributed by atoms with Crippen molar-refractivity contribution in [3.8, 4) is 17.6 Å². The average molecular weight is 236 g/mol. The fraction of sp³-hybridized carbons (Fsp3) is 0.308. The highest BCUT2D eigenvalue weighted by Gasteiger charge is 2.01. The summed E-state index contributed by atoms with van der Waals surface area (Å²) >= 11 is 0. The zero-order valence-corrected chi connectivity index (χ0v) is 9.75. The zero-order chi connectivity index (χ0) is 12.7. The van der Waals surface area contributed by atoms with Crippen LogP contribution in [0.15, 0.2) is 18.2 Å². The van der Waals surface area contributed by atoms with Crippen LogP contribution >= 0.6 is 0 Å². The summed E-state index contributed by atoms with van der Waals surface area (Å²) in [6.07, 6.45) is -0.0511. The summed E-state index contributed by atoms with van der Waals surface area (Å²) in [7, 11) is 1.49. The number of carbonyl (C=O) groups is 1. The minimum absolute atomic E-state index is 0.0511. The largest absolute Gasteiger partial charge is 0.497 e. The van der Waals surface area contributed by atoms with Crippen LogP contribution in [0.1, 0.15) is 18.9 Å². The predicted molar refractivity (Wildman–Crippen MR) is 61.1 cm³/mol. The third kappa shape index (κ3) is 4.15. The van der Waals surface area contributed by atoms with Crippen molar-refractivity contribution in [2.45, 2.75) is 13.3 Å². The van der Waals surface area contributed by atoms with E-state index in [2.05, 4.69) is 11.8 Å². The normalized spacial score (nSPS) is 9.12. The highest BCUT2D eigenvalue weighted by molar-refractivity contribution is 5.72. The maximum Gasteiger partial charge on any atom is 0.317 e. The standard InChI is InChI=1S/C13H13FO3/c1-3-17-13(15)6-4-5-10-9-11(16-2)7-8-12(10)14/h7-9H,3,6H2,1-2H3. The van der Waals surface area contributed by atoms with Gasteiger partial charge in [0.05, 0.1) is 19.3 Å². The number of esters is 1. The molecule has 3 nitrogen and oxygen atoms in total. The van der Waals surface area contributed by atoms with E-state index < -0.39 is 11.8 Å². The molecule has 0 aliphatic rings. The fourth-order valence-electron chi connectivity index (χ4n) is 1.15. The number of hydrogen-bond acceptors (Lipinski definition) is 3. The number of methoxy groups -OCH3 is 1. The molecule has 0 atom stereocenters. The minimum Gasteiger partial charge on any atom is -0.497 e. The van der Waals surface area contributed by atoms with Gasteiger partial charge in [-0.05, 0) is 25.1 Å². The summed E-state index contributed by atoms with van der Waals surface area (Å²) in [4.78, 5) is 11.0. The maximum absolute atomic E-state index is 13.3. The van der Waals surface area contributed by atoms with Gasteiger partial charge in [0.1, 0.15) is 18.0 Å². The van der Waals surface area contributed by atoms with Crippen molar-refractivity contribution in [2.75, 3.05) is 13.7 Å². The molecule has 0 saturated heterocycles. The van der Waals surface area contributed by atoms with Gasteiger partial charge in [-0.15, -0.1) is 0 Å². The van der Waals surface area contributed by atoms with Crippen LogP contribution in [-0.4, -0.2) is 19.7 Å². The number of rotatable bonds is 3. The van der Waals surface area contributed by atoms with E-state index in [-0.39, 0.29) is 12.0 Å². The molecule has 17 heavy (non-hydrogen) atoms. The molecule has 1 aromatic carbocycles. The zero-order valence-electron chi connectivity index (χ0n) is 9.75. The lowest BCUT2D eigenvalue weighted by Crippen LogP contribution is -2.01. The number of halogens is 1. The number of hydrogen-bond donors (Lipinski definition) is 0. The van der Waals surface area contributed by atoms with E-state index in [4.69, 9.17) is 9.47 Å². The first-order chi connectivity index (χ1) is 8.17. The first kappa shape index (κ1) is 13.0. The minimum atomic E-state index is -0.442. The van der Waals surface area contributed by atoms with Crippen LogP contribution in [0.2, 0.25) is 0 Å². The number of carbonyl (C=O) groups excluding carboxylic acids is 1. The van der Waals surface area contributed by atoms with Gasteiger partial charge in [0.25, 0.3) is 0 Å². The van der Waals surface area contributed by atoms with Gasteiger partial charge in [-0.1, -0.05) is 11.8 Å². The second kappa shape index (κ2) is 6.54. The van der Waals surface area contributed by atoms with Crippen molar-refractivity contribution in [1.29, 1.82) is 0 Å². The SMILES string of the molecule is CCOC(=O)CC#Cc1cc(OC)ccc1F. The van der Waals surface area contributed by atoms with Gasteiger partial charge in [0, 0.05) is 0 Å². The van der Waals surface area contributed by atoms with Gasteiger partial charge >= 0.3 is 5.97 Å². The molecule has 0 N–H and O–H groups in total. The second-order valence-corrected chi connectivity index (χ2v) is 3.13. The number of benzene rings is 1. The molecule has 0 saturated carbocycles. The van der Waals surface area contributed by atoms with Crippen molar-refractivity contribution in [2.24, 2.45) is 0 Å². The van der Waals surface area contributed by atoms with E-state index in [9.17, 15) is 9.18 Å². The molecular formula is C13H13FO3. The summed E-state index contributed by atoms with van der Waals surface area (Å²) in [6.45, 7) is 2.03. The molecule has 0 fully saturated rings. The van der Waals surface area contributed by atoms with E-state index >= 15 is 0 Å². The topological polar surface area (TPSA) is 35.5 Å². The summed E-state index contributed by atoms with van der Waals surface area (Å²) in [5.41, 5.74) is 0.202. The summed E-state index contributed by atoms with van der Waals surface area (Å²) in [5.74, 6) is 4.79. The first-order valence-electron chi connectivity index (χ1n) is 5.15. The van der Waals surface area contributed by atoms with Crippen molar-refractivity contribution in [3.63, 3.8) is 0 Å². The molecule has 90 valence electrons. The quantitative estimate of drug-likeness (QED) is 0.595. The van der Waals surface area contributed by atoms with Crippen LogP contribution in [0.4, 0.5) is 4.39 Å². The van der Waals surface area contributed by atoms with Gasteiger partial charge in [0.15, 0.2) is 0 Å². The third-order valence-electron chi connectivity index (χ3n) is 1.93. The molecule has 0 bridgehead atoms. The average Bonchev–Trinajstić information content (AvgIpc) is 2.32. The Hall–Kier alpha value is -2.02. The van der Waals surface area contributed by atoms with Gasteiger partial charge in [-0.25, -0.2) is 4.39 Å². The molecule has 4 heteroatoms. The van der Waals surface area contributed by atoms with Crippen LogP contribution in [-0.2, 0) is 9.53 Å². The van der Waals surface area contributed by atoms with Crippen molar-refractivity contribution in [3.05, 3.63) is 29.6 Å². The van der Waals surface area contributed by atoms with E-state index in [1.807, 2.05) is 0 Å². The van der Waals surface area contributed by atoms with Crippen LogP contribution < -0.4 is 4.74 Å². The Morgan fingerprint density at radius 1 is 1.47 bits per heavy atom. The Morgan fingerprint density at radius 3 is 2.88 bits per heavy atom. The van der Waals surface area contributed by atoms with Crippen LogP contribution in [0.5, 0.6) is 5.75 Å². The molecule has 0 radical (unpaired) electrons. The molecule has 0 heterocycles. The molecule has 0 unspecified atom stereocenters. The van der Waals surface area contributed by atoms with E-state index in [0.29, 0.717) is 12.4 Å². The van der Waals surface area contributed by atoms with Crippen molar-refractivity contribution < 1.29 is 18.7 Å². The summed E-state index contributed by atoms with van der Waals surface area (Å²) < 4.78 is 22.9. The van der Waals surface area contributed by atoms with Gasteiger partial charge in [-0.2, -0.15) is 0 Å². The second-order valence-electron chi connectivity index (χ2n) is 3.13. The third-order valence-corrected chi connectivity index (χ3v) is 1.93. The summed E-state index contributed by atoms with van der Waals surface area (Å²) in [5, 5.41) is 0. The maximum atomic E-state index is 13.3. The molecule has 0 amide bonds. The smallest absolute Gasteiger partial charge is 0.317 e. The van der Waals surface area contributed by atoms with E-state index in [0.717, 1.165) is 0 Å². The molecular weight excluding hydrogens is 223 g/mol. The Balaban J connectivity index is 2.74. The Labute approximate surface area is 99.5 Å². The predicted octanol–water partition coefficient (Wildman–Crippen LogP) is 2.14. The number of ether oxygens (including phenoxy) is 2. The molecule has 1 rings (SSSR count). The van der Waals surface area contributed by atoms with Gasteiger partial charge < -0.3 is 9.47 Å². The Bertz CT molecular complexity index is 457. The molecule has 0 aliphatic carbocycles. The highest BCUT2D eigenvalue weighted by Crippen LogP contribution is 2.15. The van der Waals surface area contributed by atoms with E-state index in [1.165, 1.54) is 25.3 Å². The molecule has 0 aliphatic heterocycles. The molecule has 0 spiro atoms. The van der Waals surface area contributed by atoms with Crippen molar-refractivity contribution >= 4 is 5.97 Å². The van der Waals surface area contributed by atoms with Gasteiger partial charge in [0.2, 0.25) is 0 Å². The Morgan fingerprint density at radius 2 is 2.24 bits per heavy atom. The van der Waals surface area contributed by atoms with Crippen LogP contribution in [0, 0.1) is 17.7 Å². The summed E-state index contributed by atoms with van der Waals surface area (Å²) in [6, 6.07) is 4.26. The lowest BCUT2D eigenvalue weighted by molar-refractivity contribution is -0.141. The monoisotopic (exact) mass is 236 g/mol. The lowest BCUT2D eigenvalue weighted by Gasteiger charge is -2.00. The van der Waals surface area contributed by atoms with Crippen LogP contribution in [0.3, 0.4) is 0 Å². The van der Waals surface area contributed by atoms with E-state index in [1.54, 1.807) is 6.92 Å². The molecule has 0 aromatic heterocycles. The van der Waals surface area contributed by atoms with Crippen molar-refractivity contribution in [1.82, 2.24) is 0 Å². The van der Waals surface area contributed by atoms with Crippen LogP contribution in [0.25, 0.3) is 0 Å². The Kier molecular flexibility index (Phi) is 5.02. The lowest BCUT2D eigenvalue weighted by atomic mass is 10.2. The molecule has 1 aromatic rings. The first-order valence-corrected chi connectivity index (χ1v) is 5.15.